The van der Waals surface area contributed by atoms with E-state index < -0.39 is 10.1 Å². The molecule has 0 saturated heterocycles. The van der Waals surface area contributed by atoms with E-state index in [9.17, 15) is 13.2 Å². The standard InChI is InChI=1S/C26H34O5S/c1-3-30-26(27)24-17-15-23(16-18-24)12-10-8-6-4-5-7-9-11-21-31-32(28,29)25-19-13-22(2)14-20-25/h8,10,13-20H,3-7,9,11-12,21H2,1-2H3/b10-8+. The normalized spacial score (nSPS) is 11.7. The molecule has 0 radical (unpaired) electrons. The molecule has 0 aliphatic carbocycles. The van der Waals surface area contributed by atoms with E-state index in [4.69, 9.17) is 8.92 Å². The molecule has 0 aromatic heterocycles. The van der Waals surface area contributed by atoms with E-state index in [-0.39, 0.29) is 17.5 Å². The Morgan fingerprint density at radius 2 is 1.53 bits per heavy atom. The smallest absolute Gasteiger partial charge is 0.338 e. The number of esters is 1. The Morgan fingerprint density at radius 3 is 2.22 bits per heavy atom. The van der Waals surface area contributed by atoms with Crippen molar-refractivity contribution in [1.29, 1.82) is 0 Å². The van der Waals surface area contributed by atoms with Gasteiger partial charge in [0.15, 0.2) is 0 Å². The highest BCUT2D eigenvalue weighted by Crippen LogP contribution is 2.14. The summed E-state index contributed by atoms with van der Waals surface area (Å²) in [6.07, 6.45) is 11.2. The molecule has 0 heterocycles. The maximum Gasteiger partial charge on any atom is 0.338 e. The van der Waals surface area contributed by atoms with Crippen LogP contribution in [0.25, 0.3) is 0 Å². The van der Waals surface area contributed by atoms with Crippen LogP contribution in [0.2, 0.25) is 0 Å². The highest BCUT2D eigenvalue weighted by atomic mass is 32.2. The van der Waals surface area contributed by atoms with Crippen molar-refractivity contribution in [3.8, 4) is 0 Å². The lowest BCUT2D eigenvalue weighted by Gasteiger charge is -2.06. The number of hydrogen-bond donors (Lipinski definition) is 0. The first-order valence-corrected chi connectivity index (χ1v) is 12.7. The summed E-state index contributed by atoms with van der Waals surface area (Å²) in [5.41, 5.74) is 2.76. The minimum Gasteiger partial charge on any atom is -0.462 e. The van der Waals surface area contributed by atoms with Gasteiger partial charge in [0.2, 0.25) is 0 Å². The Labute approximate surface area is 192 Å². The second-order valence-corrected chi connectivity index (χ2v) is 9.35. The zero-order chi connectivity index (χ0) is 23.2. The summed E-state index contributed by atoms with van der Waals surface area (Å²) in [4.78, 5) is 11.9. The molecule has 2 aromatic rings. The van der Waals surface area contributed by atoms with Gasteiger partial charge in [-0.3, -0.25) is 4.18 Å². The zero-order valence-electron chi connectivity index (χ0n) is 19.1. The summed E-state index contributed by atoms with van der Waals surface area (Å²) < 4.78 is 34.3. The van der Waals surface area contributed by atoms with Gasteiger partial charge in [0, 0.05) is 0 Å². The lowest BCUT2D eigenvalue weighted by atomic mass is 10.1. The predicted octanol–water partition coefficient (Wildman–Crippen LogP) is 6.02. The molecule has 5 nitrogen and oxygen atoms in total. The largest absolute Gasteiger partial charge is 0.462 e. The number of rotatable bonds is 14. The topological polar surface area (TPSA) is 69.7 Å². The van der Waals surface area contributed by atoms with Gasteiger partial charge in [-0.2, -0.15) is 8.42 Å². The van der Waals surface area contributed by atoms with Crippen molar-refractivity contribution in [2.45, 2.75) is 63.7 Å². The van der Waals surface area contributed by atoms with E-state index in [1.165, 1.54) is 0 Å². The molecule has 0 aliphatic heterocycles. The Bertz CT molecular complexity index is 945. The highest BCUT2D eigenvalue weighted by molar-refractivity contribution is 7.86. The van der Waals surface area contributed by atoms with Crippen molar-refractivity contribution in [3.05, 3.63) is 77.4 Å². The van der Waals surface area contributed by atoms with Crippen LogP contribution in [-0.4, -0.2) is 27.6 Å². The number of carbonyl (C=O) groups is 1. The molecule has 32 heavy (non-hydrogen) atoms. The highest BCUT2D eigenvalue weighted by Gasteiger charge is 2.14. The second kappa shape index (κ2) is 13.9. The third-order valence-corrected chi connectivity index (χ3v) is 6.38. The summed E-state index contributed by atoms with van der Waals surface area (Å²) in [6.45, 7) is 4.32. The van der Waals surface area contributed by atoms with Crippen LogP contribution in [0.15, 0.2) is 65.6 Å². The summed E-state index contributed by atoms with van der Waals surface area (Å²) in [6, 6.07) is 14.2. The van der Waals surface area contributed by atoms with E-state index in [0.717, 1.165) is 56.1 Å². The molecule has 0 N–H and O–H groups in total. The van der Waals surface area contributed by atoms with Gasteiger partial charge in [-0.25, -0.2) is 4.79 Å². The maximum atomic E-state index is 12.1. The number of benzene rings is 2. The monoisotopic (exact) mass is 458 g/mol. The lowest BCUT2D eigenvalue weighted by Crippen LogP contribution is -2.07. The molecule has 0 amide bonds. The van der Waals surface area contributed by atoms with Crippen molar-refractivity contribution in [2.75, 3.05) is 13.2 Å². The third kappa shape index (κ3) is 9.37. The molecule has 0 saturated carbocycles. The fraction of sp³-hybridized carbons (Fsp3) is 0.423. The summed E-state index contributed by atoms with van der Waals surface area (Å²) >= 11 is 0. The molecule has 6 heteroatoms. The molecule has 0 bridgehead atoms. The fourth-order valence-corrected chi connectivity index (χ4v) is 4.11. The SMILES string of the molecule is CCOC(=O)c1ccc(C/C=C/CCCCCCCOS(=O)(=O)c2ccc(C)cc2)cc1. The number of carbonyl (C=O) groups excluding carboxylic acids is 1. The van der Waals surface area contributed by atoms with Gasteiger partial charge < -0.3 is 4.74 Å². The molecule has 0 spiro atoms. The zero-order valence-corrected chi connectivity index (χ0v) is 19.9. The molecule has 2 rings (SSSR count). The number of unbranched alkanes of at least 4 members (excludes halogenated alkanes) is 5. The van der Waals surface area contributed by atoms with Crippen molar-refractivity contribution in [3.63, 3.8) is 0 Å². The molecule has 0 aliphatic rings. The van der Waals surface area contributed by atoms with Gasteiger partial charge >= 0.3 is 5.97 Å². The minimum atomic E-state index is -3.65. The lowest BCUT2D eigenvalue weighted by molar-refractivity contribution is 0.0526. The Hall–Kier alpha value is -2.44. The van der Waals surface area contributed by atoms with Crippen LogP contribution in [0.3, 0.4) is 0 Å². The van der Waals surface area contributed by atoms with Crippen LogP contribution in [0.1, 0.15) is 66.9 Å². The molecular formula is C26H34O5S. The van der Waals surface area contributed by atoms with Crippen LogP contribution in [0.4, 0.5) is 0 Å². The maximum absolute atomic E-state index is 12.1. The van der Waals surface area contributed by atoms with Gasteiger partial charge in [-0.1, -0.05) is 61.2 Å². The number of hydrogen-bond acceptors (Lipinski definition) is 5. The molecule has 0 unspecified atom stereocenters. The fourth-order valence-electron chi connectivity index (χ4n) is 3.16. The minimum absolute atomic E-state index is 0.213. The van der Waals surface area contributed by atoms with Crippen LogP contribution in [0.5, 0.6) is 0 Å². The van der Waals surface area contributed by atoms with E-state index in [1.807, 2.05) is 19.1 Å². The number of aryl methyl sites for hydroxylation is 1. The van der Waals surface area contributed by atoms with Gasteiger partial charge in [-0.05, 0) is 69.4 Å². The molecule has 0 atom stereocenters. The molecule has 174 valence electrons. The van der Waals surface area contributed by atoms with Gasteiger partial charge in [0.1, 0.15) is 0 Å². The average molecular weight is 459 g/mol. The van der Waals surface area contributed by atoms with Crippen LogP contribution in [-0.2, 0) is 25.5 Å². The molecule has 0 fully saturated rings. The average Bonchev–Trinajstić information content (AvgIpc) is 2.78. The number of allylic oxidation sites excluding steroid dienone is 2. The first kappa shape index (κ1) is 25.8. The van der Waals surface area contributed by atoms with Crippen molar-refractivity contribution < 1.29 is 22.1 Å². The Balaban J connectivity index is 1.52. The van der Waals surface area contributed by atoms with Gasteiger partial charge in [0.05, 0.1) is 23.7 Å². The van der Waals surface area contributed by atoms with E-state index in [0.29, 0.717) is 12.2 Å². The third-order valence-electron chi connectivity index (χ3n) is 5.05. The second-order valence-electron chi connectivity index (χ2n) is 7.74. The van der Waals surface area contributed by atoms with Gasteiger partial charge in [0.25, 0.3) is 10.1 Å². The van der Waals surface area contributed by atoms with Crippen LogP contribution >= 0.6 is 0 Å². The van der Waals surface area contributed by atoms with Crippen molar-refractivity contribution in [2.24, 2.45) is 0 Å². The summed E-state index contributed by atoms with van der Waals surface area (Å²) in [5.74, 6) is -0.283. The Morgan fingerprint density at radius 1 is 0.875 bits per heavy atom. The molecular weight excluding hydrogens is 424 g/mol. The van der Waals surface area contributed by atoms with Crippen LogP contribution < -0.4 is 0 Å². The first-order valence-electron chi connectivity index (χ1n) is 11.3. The number of ether oxygens (including phenoxy) is 1. The Kier molecular flexibility index (Phi) is 11.2. The van der Waals surface area contributed by atoms with Gasteiger partial charge in [-0.15, -0.1) is 0 Å². The van der Waals surface area contributed by atoms with E-state index in [2.05, 4.69) is 12.2 Å². The molecule has 2 aromatic carbocycles. The summed E-state index contributed by atoms with van der Waals surface area (Å²) in [5, 5.41) is 0. The predicted molar refractivity (Wildman–Crippen MR) is 127 cm³/mol. The van der Waals surface area contributed by atoms with Crippen LogP contribution in [0, 0.1) is 6.92 Å². The first-order chi connectivity index (χ1) is 15.4. The summed E-state index contributed by atoms with van der Waals surface area (Å²) in [7, 11) is -3.65. The van der Waals surface area contributed by atoms with Crippen molar-refractivity contribution in [1.82, 2.24) is 0 Å². The van der Waals surface area contributed by atoms with E-state index >= 15 is 0 Å². The quantitative estimate of drug-likeness (QED) is 0.150. The van der Waals surface area contributed by atoms with E-state index in [1.54, 1.807) is 43.3 Å². The van der Waals surface area contributed by atoms with Crippen molar-refractivity contribution >= 4 is 16.1 Å².